The van der Waals surface area contributed by atoms with Gasteiger partial charge in [-0.3, -0.25) is 24.2 Å². The van der Waals surface area contributed by atoms with Gasteiger partial charge in [0.25, 0.3) is 11.8 Å². The third kappa shape index (κ3) is 2.25. The average Bonchev–Trinajstić information content (AvgIpc) is 3.08. The van der Waals surface area contributed by atoms with Crippen LogP contribution in [-0.4, -0.2) is 63.5 Å². The van der Waals surface area contributed by atoms with Crippen LogP contribution in [0.4, 0.5) is 0 Å². The van der Waals surface area contributed by atoms with E-state index < -0.39 is 42.0 Å². The zero-order valence-electron chi connectivity index (χ0n) is 13.3. The van der Waals surface area contributed by atoms with Crippen LogP contribution in [0.3, 0.4) is 0 Å². The number of carbonyl (C=O) groups is 4. The topological polar surface area (TPSA) is 104 Å². The molecule has 1 N–H and O–H groups in total. The molecule has 3 aliphatic heterocycles. The summed E-state index contributed by atoms with van der Waals surface area (Å²) in [7, 11) is 0. The summed E-state index contributed by atoms with van der Waals surface area (Å²) in [6, 6.07) is 4.34. The third-order valence-electron chi connectivity index (χ3n) is 4.98. The molecular formula is C17H16N2O6. The van der Waals surface area contributed by atoms with Crippen LogP contribution in [0.5, 0.6) is 0 Å². The number of fused-ring (bicyclic) bond motifs is 2. The fourth-order valence-corrected chi connectivity index (χ4v) is 3.78. The van der Waals surface area contributed by atoms with Crippen LogP contribution in [0.1, 0.15) is 40.0 Å². The van der Waals surface area contributed by atoms with E-state index in [0.717, 1.165) is 4.90 Å². The van der Waals surface area contributed by atoms with E-state index in [-0.39, 0.29) is 17.7 Å². The Morgan fingerprint density at radius 2 is 1.72 bits per heavy atom. The molecule has 3 heterocycles. The van der Waals surface area contributed by atoms with E-state index in [9.17, 15) is 24.3 Å². The number of hydrogen-bond acceptors (Lipinski definition) is 5. The van der Waals surface area contributed by atoms with E-state index in [1.807, 2.05) is 0 Å². The van der Waals surface area contributed by atoms with Crippen molar-refractivity contribution in [2.24, 2.45) is 0 Å². The summed E-state index contributed by atoms with van der Waals surface area (Å²) in [4.78, 5) is 51.9. The maximum atomic E-state index is 13.0. The Morgan fingerprint density at radius 1 is 1.08 bits per heavy atom. The molecule has 3 amide bonds. The maximum Gasteiger partial charge on any atom is 0.328 e. The van der Waals surface area contributed by atoms with Gasteiger partial charge in [-0.25, -0.2) is 4.79 Å². The second-order valence-electron chi connectivity index (χ2n) is 6.36. The summed E-state index contributed by atoms with van der Waals surface area (Å²) in [6.07, 6.45) is 0.716. The van der Waals surface area contributed by atoms with Gasteiger partial charge >= 0.3 is 5.97 Å². The first-order valence-electron chi connectivity index (χ1n) is 8.14. The summed E-state index contributed by atoms with van der Waals surface area (Å²) in [6.45, 7) is -0.0828. The van der Waals surface area contributed by atoms with Gasteiger partial charge in [-0.15, -0.1) is 0 Å². The molecule has 0 saturated carbocycles. The number of aliphatic carboxylic acids is 1. The van der Waals surface area contributed by atoms with Crippen molar-refractivity contribution in [1.82, 2.24) is 9.80 Å². The number of rotatable bonds is 2. The monoisotopic (exact) mass is 344 g/mol. The van der Waals surface area contributed by atoms with Gasteiger partial charge in [-0.05, 0) is 31.4 Å². The molecule has 4 rings (SSSR count). The van der Waals surface area contributed by atoms with Crippen molar-refractivity contribution < 1.29 is 29.0 Å². The molecule has 2 fully saturated rings. The highest BCUT2D eigenvalue weighted by Gasteiger charge is 2.50. The normalized spacial score (nSPS) is 28.8. The molecule has 3 aliphatic rings. The second kappa shape index (κ2) is 5.66. The number of carboxylic acids is 1. The van der Waals surface area contributed by atoms with Crippen LogP contribution < -0.4 is 0 Å². The Morgan fingerprint density at radius 3 is 2.32 bits per heavy atom. The number of imide groups is 1. The first kappa shape index (κ1) is 15.8. The lowest BCUT2D eigenvalue weighted by atomic mass is 10.1. The van der Waals surface area contributed by atoms with E-state index in [0.29, 0.717) is 19.3 Å². The number of hydrogen-bond donors (Lipinski definition) is 1. The lowest BCUT2D eigenvalue weighted by molar-refractivity contribution is -0.151. The Kier molecular flexibility index (Phi) is 3.57. The summed E-state index contributed by atoms with van der Waals surface area (Å²) in [5.41, 5.74) is 0.544. The number of carboxylic acid groups (broad SMARTS) is 1. The zero-order chi connectivity index (χ0) is 17.7. The molecule has 0 spiro atoms. The molecule has 3 atom stereocenters. The summed E-state index contributed by atoms with van der Waals surface area (Å²) >= 11 is 0. The van der Waals surface area contributed by atoms with Crippen molar-refractivity contribution in [3.63, 3.8) is 0 Å². The highest BCUT2D eigenvalue weighted by atomic mass is 16.5. The van der Waals surface area contributed by atoms with Gasteiger partial charge in [0.05, 0.1) is 17.7 Å². The van der Waals surface area contributed by atoms with Crippen molar-refractivity contribution in [3.05, 3.63) is 35.4 Å². The van der Waals surface area contributed by atoms with Gasteiger partial charge in [-0.1, -0.05) is 12.1 Å². The Balaban J connectivity index is 1.69. The molecule has 1 aromatic carbocycles. The fraction of sp³-hybridized carbons (Fsp3) is 0.412. The molecule has 8 nitrogen and oxygen atoms in total. The minimum Gasteiger partial charge on any atom is -0.480 e. The van der Waals surface area contributed by atoms with Crippen LogP contribution >= 0.6 is 0 Å². The van der Waals surface area contributed by atoms with Crippen LogP contribution in [0, 0.1) is 0 Å². The van der Waals surface area contributed by atoms with Crippen molar-refractivity contribution in [2.75, 3.05) is 6.61 Å². The Hall–Kier alpha value is -2.74. The average molecular weight is 344 g/mol. The van der Waals surface area contributed by atoms with Gasteiger partial charge in [0.1, 0.15) is 12.3 Å². The molecule has 130 valence electrons. The minimum atomic E-state index is -1.15. The SMILES string of the molecule is O=C(O)[C@H]1CO[C@@H]2CCC[C@@H](N3C(=O)c4ccccc4C3=O)C(=O)N12. The second-order valence-corrected chi connectivity index (χ2v) is 6.36. The van der Waals surface area contributed by atoms with Gasteiger partial charge in [0.15, 0.2) is 6.04 Å². The molecule has 8 heteroatoms. The maximum absolute atomic E-state index is 13.0. The molecule has 0 bridgehead atoms. The first-order chi connectivity index (χ1) is 12.0. The minimum absolute atomic E-state index is 0.0828. The van der Waals surface area contributed by atoms with Crippen molar-refractivity contribution >= 4 is 23.7 Å². The Bertz CT molecular complexity index is 756. The standard InChI is InChI=1S/C17H16N2O6/c20-14-9-4-1-2-5-10(9)15(21)19(14)11-6-3-7-13-18(16(11)22)12(8-25-13)17(23)24/h1-2,4-5,11-13H,3,6-8H2,(H,23,24)/t11-,12-,13-/m1/s1. The predicted octanol–water partition coefficient (Wildman–Crippen LogP) is 0.473. The summed E-state index contributed by atoms with van der Waals surface area (Å²) in [5.74, 6) is -2.71. The molecule has 25 heavy (non-hydrogen) atoms. The number of carbonyl (C=O) groups excluding carboxylic acids is 3. The highest BCUT2D eigenvalue weighted by molar-refractivity contribution is 6.22. The zero-order valence-corrected chi connectivity index (χ0v) is 13.3. The van der Waals surface area contributed by atoms with Crippen molar-refractivity contribution in [1.29, 1.82) is 0 Å². The van der Waals surface area contributed by atoms with Gasteiger partial charge in [-0.2, -0.15) is 0 Å². The number of ether oxygens (including phenoxy) is 1. The van der Waals surface area contributed by atoms with E-state index in [4.69, 9.17) is 4.74 Å². The quantitative estimate of drug-likeness (QED) is 0.782. The fourth-order valence-electron chi connectivity index (χ4n) is 3.78. The van der Waals surface area contributed by atoms with Crippen LogP contribution in [-0.2, 0) is 14.3 Å². The van der Waals surface area contributed by atoms with Crippen LogP contribution in [0.2, 0.25) is 0 Å². The molecule has 0 radical (unpaired) electrons. The van der Waals surface area contributed by atoms with E-state index in [2.05, 4.69) is 0 Å². The predicted molar refractivity (Wildman–Crippen MR) is 82.6 cm³/mol. The van der Waals surface area contributed by atoms with Crippen LogP contribution in [0.15, 0.2) is 24.3 Å². The Labute approximate surface area is 143 Å². The lowest BCUT2D eigenvalue weighted by Crippen LogP contribution is -2.54. The van der Waals surface area contributed by atoms with Gasteiger partial charge in [0.2, 0.25) is 5.91 Å². The summed E-state index contributed by atoms with van der Waals surface area (Å²) < 4.78 is 5.44. The van der Waals surface area contributed by atoms with E-state index >= 15 is 0 Å². The largest absolute Gasteiger partial charge is 0.480 e. The van der Waals surface area contributed by atoms with Gasteiger partial charge in [0, 0.05) is 0 Å². The van der Waals surface area contributed by atoms with E-state index in [1.165, 1.54) is 4.90 Å². The third-order valence-corrected chi connectivity index (χ3v) is 4.98. The molecule has 2 saturated heterocycles. The molecular weight excluding hydrogens is 328 g/mol. The molecule has 1 aromatic rings. The van der Waals surface area contributed by atoms with Gasteiger partial charge < -0.3 is 9.84 Å². The van der Waals surface area contributed by atoms with E-state index in [1.54, 1.807) is 24.3 Å². The first-order valence-corrected chi connectivity index (χ1v) is 8.14. The smallest absolute Gasteiger partial charge is 0.328 e. The molecule has 0 aliphatic carbocycles. The summed E-state index contributed by atoms with van der Waals surface area (Å²) in [5, 5.41) is 9.34. The number of benzene rings is 1. The van der Waals surface area contributed by atoms with Crippen LogP contribution in [0.25, 0.3) is 0 Å². The van der Waals surface area contributed by atoms with Crippen molar-refractivity contribution in [3.8, 4) is 0 Å². The number of amides is 3. The highest BCUT2D eigenvalue weighted by Crippen LogP contribution is 2.32. The molecule has 0 unspecified atom stereocenters. The van der Waals surface area contributed by atoms with Crippen molar-refractivity contribution in [2.45, 2.75) is 37.6 Å². The number of nitrogens with zero attached hydrogens (tertiary/aromatic N) is 2. The molecule has 0 aromatic heterocycles. The lowest BCUT2D eigenvalue weighted by Gasteiger charge is -2.30.